The highest BCUT2D eigenvalue weighted by molar-refractivity contribution is 6.16. The fourth-order valence-corrected chi connectivity index (χ4v) is 8.99. The van der Waals surface area contributed by atoms with Gasteiger partial charge >= 0.3 is 0 Å². The van der Waals surface area contributed by atoms with Crippen molar-refractivity contribution in [2.24, 2.45) is 0 Å². The average molecular weight is 765 g/mol. The zero-order chi connectivity index (χ0) is 39.8. The normalized spacial score (nSPS) is 11.3. The molecule has 0 amide bonds. The van der Waals surface area contributed by atoms with Crippen molar-refractivity contribution in [1.82, 2.24) is 4.57 Å². The van der Waals surface area contributed by atoms with Crippen molar-refractivity contribution in [2.75, 3.05) is 4.90 Å². The molecule has 0 unspecified atom stereocenters. The number of rotatable bonds is 8. The van der Waals surface area contributed by atoms with Crippen LogP contribution in [0.4, 0.5) is 17.1 Å². The van der Waals surface area contributed by atoms with Gasteiger partial charge in [-0.2, -0.15) is 0 Å². The van der Waals surface area contributed by atoms with E-state index in [4.69, 9.17) is 0 Å². The van der Waals surface area contributed by atoms with Gasteiger partial charge in [-0.1, -0.05) is 188 Å². The summed E-state index contributed by atoms with van der Waals surface area (Å²) >= 11 is 0. The maximum atomic E-state index is 2.44. The molecule has 2 nitrogen and oxygen atoms in total. The van der Waals surface area contributed by atoms with Crippen molar-refractivity contribution < 1.29 is 0 Å². The van der Waals surface area contributed by atoms with Crippen LogP contribution in [0.2, 0.25) is 0 Å². The van der Waals surface area contributed by atoms with Crippen LogP contribution in [0.15, 0.2) is 243 Å². The van der Waals surface area contributed by atoms with Crippen LogP contribution in [-0.4, -0.2) is 4.57 Å². The van der Waals surface area contributed by atoms with Gasteiger partial charge in [0.15, 0.2) is 0 Å². The Hall–Kier alpha value is -7.94. The predicted octanol–water partition coefficient (Wildman–Crippen LogP) is 16.1. The summed E-state index contributed by atoms with van der Waals surface area (Å²) in [5.41, 5.74) is 16.5. The maximum absolute atomic E-state index is 2.44. The molecule has 0 aliphatic carbocycles. The van der Waals surface area contributed by atoms with E-state index in [1.807, 2.05) is 0 Å². The molecule has 2 heteroatoms. The minimum Gasteiger partial charge on any atom is -0.311 e. The van der Waals surface area contributed by atoms with Crippen LogP contribution in [0.5, 0.6) is 0 Å². The monoisotopic (exact) mass is 764 g/mol. The van der Waals surface area contributed by atoms with E-state index >= 15 is 0 Å². The lowest BCUT2D eigenvalue weighted by Crippen LogP contribution is -2.09. The molecular formula is C58H40N2. The summed E-state index contributed by atoms with van der Waals surface area (Å²) in [4.78, 5) is 2.33. The molecule has 282 valence electrons. The van der Waals surface area contributed by atoms with Crippen LogP contribution in [0.25, 0.3) is 82.8 Å². The van der Waals surface area contributed by atoms with E-state index in [9.17, 15) is 0 Å². The zero-order valence-corrected chi connectivity index (χ0v) is 33.0. The minimum absolute atomic E-state index is 1.10. The molecule has 0 fully saturated rings. The van der Waals surface area contributed by atoms with Gasteiger partial charge in [-0.15, -0.1) is 0 Å². The Bertz CT molecular complexity index is 3270. The highest BCUT2D eigenvalue weighted by Gasteiger charge is 2.19. The van der Waals surface area contributed by atoms with Gasteiger partial charge in [0.25, 0.3) is 0 Å². The van der Waals surface area contributed by atoms with E-state index in [2.05, 4.69) is 252 Å². The molecule has 0 aliphatic heterocycles. The Morgan fingerprint density at radius 3 is 1.47 bits per heavy atom. The molecule has 10 aromatic carbocycles. The highest BCUT2D eigenvalue weighted by Crippen LogP contribution is 2.42. The summed E-state index contributed by atoms with van der Waals surface area (Å²) in [7, 11) is 0. The minimum atomic E-state index is 1.10. The van der Waals surface area contributed by atoms with E-state index in [0.717, 1.165) is 28.3 Å². The molecule has 11 rings (SSSR count). The second-order valence-electron chi connectivity index (χ2n) is 15.3. The zero-order valence-electron chi connectivity index (χ0n) is 33.0. The van der Waals surface area contributed by atoms with E-state index in [0.29, 0.717) is 0 Å². The second-order valence-corrected chi connectivity index (χ2v) is 15.3. The fourth-order valence-electron chi connectivity index (χ4n) is 8.99. The first-order chi connectivity index (χ1) is 29.8. The number of aromatic nitrogens is 1. The number of hydrogen-bond donors (Lipinski definition) is 0. The fraction of sp³-hybridized carbons (Fsp3) is 0. The van der Waals surface area contributed by atoms with Crippen LogP contribution < -0.4 is 4.90 Å². The third kappa shape index (κ3) is 6.23. The van der Waals surface area contributed by atoms with Gasteiger partial charge < -0.3 is 9.47 Å². The predicted molar refractivity (Wildman–Crippen MR) is 255 cm³/mol. The summed E-state index contributed by atoms with van der Waals surface area (Å²) < 4.78 is 2.44. The third-order valence-electron chi connectivity index (χ3n) is 11.8. The van der Waals surface area contributed by atoms with Crippen molar-refractivity contribution in [3.8, 4) is 50.2 Å². The Labute approximate surface area is 350 Å². The highest BCUT2D eigenvalue weighted by atomic mass is 15.1. The largest absolute Gasteiger partial charge is 0.311 e. The van der Waals surface area contributed by atoms with Gasteiger partial charge in [0.1, 0.15) is 0 Å². The van der Waals surface area contributed by atoms with E-state index in [1.54, 1.807) is 0 Å². The first kappa shape index (κ1) is 35.2. The summed E-state index contributed by atoms with van der Waals surface area (Å²) in [6.45, 7) is 0. The Kier molecular flexibility index (Phi) is 8.87. The molecule has 11 aromatic rings. The van der Waals surface area contributed by atoms with Crippen LogP contribution in [0, 0.1) is 0 Å². The molecule has 0 saturated heterocycles. The van der Waals surface area contributed by atoms with Gasteiger partial charge in [-0.3, -0.25) is 0 Å². The molecule has 0 atom stereocenters. The first-order valence-electron chi connectivity index (χ1n) is 20.6. The van der Waals surface area contributed by atoms with Crippen molar-refractivity contribution in [3.63, 3.8) is 0 Å². The number of benzene rings is 10. The Morgan fingerprint density at radius 1 is 0.267 bits per heavy atom. The lowest BCUT2D eigenvalue weighted by Gasteiger charge is -2.26. The standard InChI is InChI=1S/C58H40N2/c1-3-15-44(16-4-1)53-25-14-28-57-58(53)54-23-10-12-27-56(54)60(57)55-26-11-9-22-52(55)46-35-39-49(40-36-46)59(47-19-5-2-6-20-47)48-37-33-42(34-38-48)41-29-31-45(32-30-41)51-24-13-18-43-17-7-8-21-50(43)51/h1-40H. The van der Waals surface area contributed by atoms with Gasteiger partial charge in [0, 0.05) is 33.4 Å². The van der Waals surface area contributed by atoms with Gasteiger partial charge in [-0.25, -0.2) is 0 Å². The molecule has 0 saturated carbocycles. The average Bonchev–Trinajstić information content (AvgIpc) is 3.67. The summed E-state index contributed by atoms with van der Waals surface area (Å²) in [6, 6.07) is 87.7. The molecule has 60 heavy (non-hydrogen) atoms. The van der Waals surface area contributed by atoms with Crippen LogP contribution >= 0.6 is 0 Å². The summed E-state index contributed by atoms with van der Waals surface area (Å²) in [6.07, 6.45) is 0. The van der Waals surface area contributed by atoms with Crippen LogP contribution in [0.3, 0.4) is 0 Å². The Morgan fingerprint density at radius 2 is 0.717 bits per heavy atom. The van der Waals surface area contributed by atoms with E-state index < -0.39 is 0 Å². The first-order valence-corrected chi connectivity index (χ1v) is 20.6. The second kappa shape index (κ2) is 15.1. The van der Waals surface area contributed by atoms with E-state index in [-0.39, 0.29) is 0 Å². The van der Waals surface area contributed by atoms with Gasteiger partial charge in [0.2, 0.25) is 0 Å². The van der Waals surface area contributed by atoms with Gasteiger partial charge in [-0.05, 0) is 104 Å². The number of para-hydroxylation sites is 3. The van der Waals surface area contributed by atoms with Crippen molar-refractivity contribution in [1.29, 1.82) is 0 Å². The number of hydrogen-bond acceptors (Lipinski definition) is 1. The quantitative estimate of drug-likeness (QED) is 0.150. The van der Waals surface area contributed by atoms with Crippen LogP contribution in [0.1, 0.15) is 0 Å². The van der Waals surface area contributed by atoms with Crippen molar-refractivity contribution >= 4 is 49.6 Å². The molecule has 0 spiro atoms. The number of fused-ring (bicyclic) bond motifs is 4. The van der Waals surface area contributed by atoms with Crippen molar-refractivity contribution in [3.05, 3.63) is 243 Å². The number of anilines is 3. The molecule has 0 radical (unpaired) electrons. The van der Waals surface area contributed by atoms with Crippen molar-refractivity contribution in [2.45, 2.75) is 0 Å². The lowest BCUT2D eigenvalue weighted by molar-refractivity contribution is 1.18. The SMILES string of the molecule is c1ccc(-c2cccc3c2c2ccccc2n3-c2ccccc2-c2ccc(N(c3ccccc3)c3ccc(-c4ccc(-c5cccc6ccccc56)cc4)cc3)cc2)cc1. The molecular weight excluding hydrogens is 725 g/mol. The smallest absolute Gasteiger partial charge is 0.0547 e. The summed E-state index contributed by atoms with van der Waals surface area (Å²) in [5, 5.41) is 5.05. The molecule has 0 aliphatic rings. The summed E-state index contributed by atoms with van der Waals surface area (Å²) in [5.74, 6) is 0. The number of nitrogens with zero attached hydrogens (tertiary/aromatic N) is 2. The van der Waals surface area contributed by atoms with E-state index in [1.165, 1.54) is 71.5 Å². The van der Waals surface area contributed by atoms with Crippen LogP contribution in [-0.2, 0) is 0 Å². The third-order valence-corrected chi connectivity index (χ3v) is 11.8. The molecule has 0 N–H and O–H groups in total. The lowest BCUT2D eigenvalue weighted by atomic mass is 9.96. The maximum Gasteiger partial charge on any atom is 0.0547 e. The Balaban J connectivity index is 0.942. The molecule has 0 bridgehead atoms. The van der Waals surface area contributed by atoms with Gasteiger partial charge in [0.05, 0.1) is 16.7 Å². The topological polar surface area (TPSA) is 8.17 Å². The molecule has 1 heterocycles. The molecule has 1 aromatic heterocycles.